The number of aromatic nitrogens is 3. The van der Waals surface area contributed by atoms with Gasteiger partial charge in [0.2, 0.25) is 0 Å². The van der Waals surface area contributed by atoms with Crippen molar-refractivity contribution in [2.45, 2.75) is 11.4 Å². The number of ether oxygens (including phenoxy) is 1. The molecule has 2 heterocycles. The molecule has 2 aromatic heterocycles. The molecule has 0 radical (unpaired) electrons. The second kappa shape index (κ2) is 6.55. The number of nitrogens with one attached hydrogen (secondary N) is 2. The number of sulfonamides is 1. The topological polar surface area (TPSA) is 98.1 Å². The van der Waals surface area contributed by atoms with Gasteiger partial charge in [0, 0.05) is 32.7 Å². The van der Waals surface area contributed by atoms with E-state index in [1.54, 1.807) is 31.1 Å². The van der Waals surface area contributed by atoms with Crippen LogP contribution in [0.4, 0.5) is 11.4 Å². The highest BCUT2D eigenvalue weighted by molar-refractivity contribution is 7.92. The van der Waals surface area contributed by atoms with Gasteiger partial charge in [0.1, 0.15) is 4.90 Å². The van der Waals surface area contributed by atoms with Crippen molar-refractivity contribution in [2.75, 3.05) is 30.8 Å². The maximum absolute atomic E-state index is 12.4. The number of hydrogen-bond acceptors (Lipinski definition) is 6. The number of rotatable bonds is 7. The molecule has 2 N–H and O–H groups in total. The fraction of sp³-hybridized carbons (Fsp3) is 0.333. The molecule has 2 rings (SSSR count). The van der Waals surface area contributed by atoms with Crippen LogP contribution in [0.3, 0.4) is 0 Å². The van der Waals surface area contributed by atoms with Crippen LogP contribution in [-0.4, -0.2) is 43.9 Å². The minimum absolute atomic E-state index is 0.0807. The lowest BCUT2D eigenvalue weighted by Crippen LogP contribution is -2.14. The van der Waals surface area contributed by atoms with E-state index in [0.717, 1.165) is 0 Å². The second-order valence-corrected chi connectivity index (χ2v) is 5.86. The number of pyridine rings is 1. The summed E-state index contributed by atoms with van der Waals surface area (Å²) in [7, 11) is -0.481. The Hall–Kier alpha value is -2.13. The average Bonchev–Trinajstić information content (AvgIpc) is 2.91. The van der Waals surface area contributed by atoms with Crippen LogP contribution in [0.1, 0.15) is 0 Å². The number of nitrogens with zero attached hydrogens (tertiary/aromatic N) is 3. The van der Waals surface area contributed by atoms with E-state index in [2.05, 4.69) is 20.1 Å². The second-order valence-electron chi connectivity index (χ2n) is 4.21. The van der Waals surface area contributed by atoms with Gasteiger partial charge in [-0.15, -0.1) is 0 Å². The quantitative estimate of drug-likeness (QED) is 0.783. The summed E-state index contributed by atoms with van der Waals surface area (Å²) >= 11 is 0. The Bertz CT molecular complexity index is 698. The van der Waals surface area contributed by atoms with Crippen molar-refractivity contribution in [1.29, 1.82) is 0 Å². The molecule has 21 heavy (non-hydrogen) atoms. The van der Waals surface area contributed by atoms with Gasteiger partial charge in [0.05, 0.1) is 30.7 Å². The Morgan fingerprint density at radius 1 is 1.38 bits per heavy atom. The molecule has 0 saturated carbocycles. The van der Waals surface area contributed by atoms with Gasteiger partial charge in [-0.3, -0.25) is 14.4 Å². The van der Waals surface area contributed by atoms with Gasteiger partial charge in [-0.25, -0.2) is 8.42 Å². The SMILES string of the molecule is CNc1ccncc1S(=O)(=O)Nc1cnn(CCOC)c1. The predicted octanol–water partition coefficient (Wildman–Crippen LogP) is 0.767. The van der Waals surface area contributed by atoms with E-state index in [1.165, 1.54) is 18.6 Å². The lowest BCUT2D eigenvalue weighted by molar-refractivity contribution is 0.183. The van der Waals surface area contributed by atoms with Crippen molar-refractivity contribution in [3.63, 3.8) is 0 Å². The Morgan fingerprint density at radius 3 is 2.90 bits per heavy atom. The zero-order valence-corrected chi connectivity index (χ0v) is 12.6. The first-order valence-electron chi connectivity index (χ1n) is 6.23. The summed E-state index contributed by atoms with van der Waals surface area (Å²) < 4.78 is 33.7. The third-order valence-corrected chi connectivity index (χ3v) is 4.16. The zero-order chi connectivity index (χ0) is 15.3. The van der Waals surface area contributed by atoms with Crippen LogP contribution < -0.4 is 10.0 Å². The summed E-state index contributed by atoms with van der Waals surface area (Å²) in [5.41, 5.74) is 0.862. The molecule has 0 atom stereocenters. The molecule has 0 bridgehead atoms. The summed E-state index contributed by atoms with van der Waals surface area (Å²) in [6.07, 6.45) is 5.87. The molecule has 0 unspecified atom stereocenters. The predicted molar refractivity (Wildman–Crippen MR) is 78.7 cm³/mol. The molecule has 8 nitrogen and oxygen atoms in total. The molecule has 0 aliphatic heterocycles. The van der Waals surface area contributed by atoms with Crippen LogP contribution in [0, 0.1) is 0 Å². The standard InChI is InChI=1S/C12H17N5O3S/c1-13-11-3-4-14-8-12(11)21(18,19)16-10-7-15-17(9-10)5-6-20-2/h3-4,7-9,16H,5-6H2,1-2H3,(H,13,14). The van der Waals surface area contributed by atoms with Crippen molar-refractivity contribution in [3.05, 3.63) is 30.9 Å². The minimum Gasteiger partial charge on any atom is -0.387 e. The van der Waals surface area contributed by atoms with E-state index < -0.39 is 10.0 Å². The molecular formula is C12H17N5O3S. The Labute approximate surface area is 123 Å². The molecule has 0 amide bonds. The Kier molecular flexibility index (Phi) is 4.76. The summed E-state index contributed by atoms with van der Waals surface area (Å²) in [4.78, 5) is 3.93. The average molecular weight is 311 g/mol. The number of methoxy groups -OCH3 is 1. The lowest BCUT2D eigenvalue weighted by Gasteiger charge is -2.09. The maximum atomic E-state index is 12.4. The molecular weight excluding hydrogens is 294 g/mol. The first kappa shape index (κ1) is 15.3. The highest BCUT2D eigenvalue weighted by atomic mass is 32.2. The largest absolute Gasteiger partial charge is 0.387 e. The molecule has 2 aromatic rings. The van der Waals surface area contributed by atoms with Gasteiger partial charge >= 0.3 is 0 Å². The van der Waals surface area contributed by atoms with E-state index in [9.17, 15) is 8.42 Å². The monoisotopic (exact) mass is 311 g/mol. The third kappa shape index (κ3) is 3.70. The smallest absolute Gasteiger partial charge is 0.265 e. The van der Waals surface area contributed by atoms with Crippen LogP contribution in [0.15, 0.2) is 35.7 Å². The molecule has 0 aliphatic rings. The van der Waals surface area contributed by atoms with Crippen LogP contribution in [-0.2, 0) is 21.3 Å². The van der Waals surface area contributed by atoms with Crippen molar-refractivity contribution in [3.8, 4) is 0 Å². The lowest BCUT2D eigenvalue weighted by atomic mass is 10.4. The van der Waals surface area contributed by atoms with Gasteiger partial charge in [0.25, 0.3) is 10.0 Å². The van der Waals surface area contributed by atoms with Gasteiger partial charge in [-0.2, -0.15) is 5.10 Å². The fourth-order valence-electron chi connectivity index (χ4n) is 1.73. The normalized spacial score (nSPS) is 11.3. The molecule has 9 heteroatoms. The highest BCUT2D eigenvalue weighted by Crippen LogP contribution is 2.21. The van der Waals surface area contributed by atoms with E-state index in [1.807, 2.05) is 0 Å². The molecule has 0 aliphatic carbocycles. The summed E-state index contributed by atoms with van der Waals surface area (Å²) in [6, 6.07) is 1.59. The van der Waals surface area contributed by atoms with Gasteiger partial charge < -0.3 is 10.1 Å². The van der Waals surface area contributed by atoms with Crippen LogP contribution in [0.25, 0.3) is 0 Å². The minimum atomic E-state index is -3.72. The zero-order valence-electron chi connectivity index (χ0n) is 11.8. The van der Waals surface area contributed by atoms with Crippen LogP contribution in [0.5, 0.6) is 0 Å². The molecule has 0 aromatic carbocycles. The third-order valence-electron chi connectivity index (χ3n) is 2.75. The maximum Gasteiger partial charge on any atom is 0.265 e. The number of hydrogen-bond donors (Lipinski definition) is 2. The fourth-order valence-corrected chi connectivity index (χ4v) is 2.92. The highest BCUT2D eigenvalue weighted by Gasteiger charge is 2.19. The Balaban J connectivity index is 2.19. The van der Waals surface area contributed by atoms with Gasteiger partial charge in [-0.05, 0) is 6.07 Å². The summed E-state index contributed by atoms with van der Waals surface area (Å²) in [5.74, 6) is 0. The summed E-state index contributed by atoms with van der Waals surface area (Å²) in [6.45, 7) is 1.05. The van der Waals surface area contributed by atoms with Crippen molar-refractivity contribution < 1.29 is 13.2 Å². The molecule has 0 saturated heterocycles. The molecule has 114 valence electrons. The van der Waals surface area contributed by atoms with E-state index in [0.29, 0.717) is 24.5 Å². The van der Waals surface area contributed by atoms with E-state index >= 15 is 0 Å². The van der Waals surface area contributed by atoms with Crippen molar-refractivity contribution in [1.82, 2.24) is 14.8 Å². The van der Waals surface area contributed by atoms with Crippen LogP contribution >= 0.6 is 0 Å². The molecule has 0 fully saturated rings. The molecule has 0 spiro atoms. The number of anilines is 2. The Morgan fingerprint density at radius 2 is 2.19 bits per heavy atom. The van der Waals surface area contributed by atoms with Crippen molar-refractivity contribution >= 4 is 21.4 Å². The first-order chi connectivity index (χ1) is 10.1. The van der Waals surface area contributed by atoms with E-state index in [-0.39, 0.29) is 4.90 Å². The van der Waals surface area contributed by atoms with Crippen LogP contribution in [0.2, 0.25) is 0 Å². The van der Waals surface area contributed by atoms with Gasteiger partial charge in [-0.1, -0.05) is 0 Å². The van der Waals surface area contributed by atoms with Crippen molar-refractivity contribution in [2.24, 2.45) is 0 Å². The van der Waals surface area contributed by atoms with Gasteiger partial charge in [0.15, 0.2) is 0 Å². The van der Waals surface area contributed by atoms with E-state index in [4.69, 9.17) is 4.74 Å². The summed E-state index contributed by atoms with van der Waals surface area (Å²) in [5, 5.41) is 6.88. The first-order valence-corrected chi connectivity index (χ1v) is 7.71.